The van der Waals surface area contributed by atoms with Gasteiger partial charge in [0.1, 0.15) is 4.88 Å². The smallest absolute Gasteiger partial charge is 0.350 e. The number of esters is 1. The summed E-state index contributed by atoms with van der Waals surface area (Å²) in [5.74, 6) is -0.596. The minimum Gasteiger partial charge on any atom is -0.465 e. The van der Waals surface area contributed by atoms with Gasteiger partial charge in [-0.2, -0.15) is 0 Å². The molecule has 0 aliphatic rings. The molecule has 2 N–H and O–H groups in total. The highest BCUT2D eigenvalue weighted by Crippen LogP contribution is 2.23. The van der Waals surface area contributed by atoms with Gasteiger partial charge >= 0.3 is 5.97 Å². The van der Waals surface area contributed by atoms with Gasteiger partial charge in [0.05, 0.1) is 18.8 Å². The number of nitrogens with one attached hydrogen (secondary N) is 2. The van der Waals surface area contributed by atoms with E-state index in [9.17, 15) is 9.59 Å². The number of hydrogen-bond donors (Lipinski definition) is 2. The third-order valence-electron chi connectivity index (χ3n) is 2.39. The Bertz CT molecular complexity index is 423. The molecule has 0 aliphatic heterocycles. The summed E-state index contributed by atoms with van der Waals surface area (Å²) < 4.78 is 4.65. The molecule has 19 heavy (non-hydrogen) atoms. The minimum atomic E-state index is -0.436. The van der Waals surface area contributed by atoms with E-state index in [0.29, 0.717) is 10.6 Å². The van der Waals surface area contributed by atoms with Crippen molar-refractivity contribution in [3.8, 4) is 0 Å². The zero-order valence-corrected chi connectivity index (χ0v) is 12.8. The van der Waals surface area contributed by atoms with Crippen LogP contribution in [0.4, 0.5) is 5.69 Å². The fraction of sp³-hybridized carbons (Fsp3) is 0.500. The van der Waals surface area contributed by atoms with E-state index >= 15 is 0 Å². The quantitative estimate of drug-likeness (QED) is 0.791. The molecule has 0 aromatic carbocycles. The monoisotopic (exact) mass is 306 g/mol. The Kier molecular flexibility index (Phi) is 8.38. The molecule has 1 aromatic rings. The molecule has 1 heterocycles. The molecule has 1 amide bonds. The van der Waals surface area contributed by atoms with Gasteiger partial charge in [-0.1, -0.05) is 6.92 Å². The van der Waals surface area contributed by atoms with Crippen LogP contribution in [-0.2, 0) is 9.53 Å². The summed E-state index contributed by atoms with van der Waals surface area (Å²) in [5.41, 5.74) is 0.502. The highest BCUT2D eigenvalue weighted by atomic mass is 35.5. The molecule has 0 aliphatic carbocycles. The Hall–Kier alpha value is -1.11. The van der Waals surface area contributed by atoms with E-state index in [1.54, 1.807) is 18.4 Å². The summed E-state index contributed by atoms with van der Waals surface area (Å²) in [6, 6.07) is 1.40. The van der Waals surface area contributed by atoms with E-state index in [1.807, 2.05) is 6.92 Å². The number of rotatable bonds is 6. The Labute approximate surface area is 123 Å². The first-order valence-electron chi connectivity index (χ1n) is 5.80. The molecule has 0 saturated heterocycles. The maximum atomic E-state index is 11.9. The van der Waals surface area contributed by atoms with Crippen molar-refractivity contribution in [1.82, 2.24) is 5.32 Å². The summed E-state index contributed by atoms with van der Waals surface area (Å²) in [5, 5.41) is 7.55. The number of carbonyl (C=O) groups is 2. The highest BCUT2D eigenvalue weighted by Gasteiger charge is 2.18. The fourth-order valence-electron chi connectivity index (χ4n) is 1.35. The maximum absolute atomic E-state index is 11.9. The lowest BCUT2D eigenvalue weighted by molar-refractivity contribution is -0.117. The molecule has 0 bridgehead atoms. The van der Waals surface area contributed by atoms with Crippen LogP contribution in [0.3, 0.4) is 0 Å². The average Bonchev–Trinajstić information content (AvgIpc) is 2.82. The Morgan fingerprint density at radius 3 is 2.74 bits per heavy atom. The van der Waals surface area contributed by atoms with Gasteiger partial charge in [-0.05, 0) is 31.3 Å². The third kappa shape index (κ3) is 5.18. The predicted octanol–water partition coefficient (Wildman–Crippen LogP) is 2.28. The topological polar surface area (TPSA) is 67.4 Å². The number of methoxy groups -OCH3 is 1. The van der Waals surface area contributed by atoms with E-state index in [0.717, 1.165) is 13.0 Å². The van der Waals surface area contributed by atoms with Crippen LogP contribution in [0.1, 0.15) is 29.9 Å². The predicted molar refractivity (Wildman–Crippen MR) is 79.3 cm³/mol. The van der Waals surface area contributed by atoms with Gasteiger partial charge in [-0.3, -0.25) is 4.79 Å². The van der Waals surface area contributed by atoms with E-state index in [1.165, 1.54) is 18.4 Å². The largest absolute Gasteiger partial charge is 0.465 e. The van der Waals surface area contributed by atoms with Crippen LogP contribution in [0.2, 0.25) is 0 Å². The number of carbonyl (C=O) groups excluding carboxylic acids is 2. The minimum absolute atomic E-state index is 0. The van der Waals surface area contributed by atoms with Crippen molar-refractivity contribution >= 4 is 41.3 Å². The molecule has 0 spiro atoms. The Morgan fingerprint density at radius 1 is 1.47 bits per heavy atom. The van der Waals surface area contributed by atoms with E-state index in [2.05, 4.69) is 15.4 Å². The van der Waals surface area contributed by atoms with Crippen molar-refractivity contribution in [2.75, 3.05) is 19.0 Å². The first-order chi connectivity index (χ1) is 8.60. The zero-order valence-electron chi connectivity index (χ0n) is 11.2. The van der Waals surface area contributed by atoms with Crippen LogP contribution in [0.15, 0.2) is 11.4 Å². The summed E-state index contributed by atoms with van der Waals surface area (Å²) in [6.45, 7) is 4.60. The lowest BCUT2D eigenvalue weighted by Crippen LogP contribution is -2.38. The van der Waals surface area contributed by atoms with Gasteiger partial charge < -0.3 is 15.4 Å². The SMILES string of the molecule is CCCNC(C)C(=O)Nc1ccsc1C(=O)OC.Cl. The zero-order chi connectivity index (χ0) is 13.5. The van der Waals surface area contributed by atoms with E-state index in [-0.39, 0.29) is 24.4 Å². The van der Waals surface area contributed by atoms with Gasteiger partial charge in [-0.15, -0.1) is 23.7 Å². The summed E-state index contributed by atoms with van der Waals surface area (Å²) in [7, 11) is 1.32. The maximum Gasteiger partial charge on any atom is 0.350 e. The molecular formula is C12H19ClN2O3S. The average molecular weight is 307 g/mol. The van der Waals surface area contributed by atoms with Crippen LogP contribution >= 0.6 is 23.7 Å². The molecule has 5 nitrogen and oxygen atoms in total. The standard InChI is InChI=1S/C12H18N2O3S.ClH/c1-4-6-13-8(2)11(15)14-9-5-7-18-10(9)12(16)17-3;/h5,7-8,13H,4,6H2,1-3H3,(H,14,15);1H. The van der Waals surface area contributed by atoms with Gasteiger partial charge in [0.2, 0.25) is 5.91 Å². The number of thiophene rings is 1. The van der Waals surface area contributed by atoms with Crippen LogP contribution in [0.25, 0.3) is 0 Å². The van der Waals surface area contributed by atoms with Crippen molar-refractivity contribution in [1.29, 1.82) is 0 Å². The molecule has 0 saturated carbocycles. The second-order valence-electron chi connectivity index (χ2n) is 3.82. The molecule has 0 fully saturated rings. The molecule has 108 valence electrons. The van der Waals surface area contributed by atoms with Crippen LogP contribution in [-0.4, -0.2) is 31.6 Å². The second-order valence-corrected chi connectivity index (χ2v) is 4.74. The summed E-state index contributed by atoms with van der Waals surface area (Å²) >= 11 is 1.24. The Morgan fingerprint density at radius 2 is 2.16 bits per heavy atom. The number of amides is 1. The Balaban J connectivity index is 0.00000324. The van der Waals surface area contributed by atoms with Gasteiger partial charge in [-0.25, -0.2) is 4.79 Å². The summed E-state index contributed by atoms with van der Waals surface area (Å²) in [4.78, 5) is 23.7. The van der Waals surface area contributed by atoms with E-state index in [4.69, 9.17) is 0 Å². The second kappa shape index (κ2) is 8.90. The van der Waals surface area contributed by atoms with Gasteiger partial charge in [0.25, 0.3) is 0 Å². The number of anilines is 1. The molecule has 0 radical (unpaired) electrons. The van der Waals surface area contributed by atoms with Crippen molar-refractivity contribution in [3.05, 3.63) is 16.3 Å². The molecule has 1 rings (SSSR count). The third-order valence-corrected chi connectivity index (χ3v) is 3.28. The van der Waals surface area contributed by atoms with Crippen LogP contribution < -0.4 is 10.6 Å². The molecule has 1 aromatic heterocycles. The van der Waals surface area contributed by atoms with Crippen molar-refractivity contribution in [2.24, 2.45) is 0 Å². The molecular weight excluding hydrogens is 288 g/mol. The summed E-state index contributed by atoms with van der Waals surface area (Å²) in [6.07, 6.45) is 0.962. The van der Waals surface area contributed by atoms with Crippen molar-refractivity contribution in [3.63, 3.8) is 0 Å². The van der Waals surface area contributed by atoms with Crippen LogP contribution in [0.5, 0.6) is 0 Å². The number of hydrogen-bond acceptors (Lipinski definition) is 5. The lowest BCUT2D eigenvalue weighted by Gasteiger charge is -2.13. The van der Waals surface area contributed by atoms with Gasteiger partial charge in [0, 0.05) is 0 Å². The molecule has 1 unspecified atom stereocenters. The van der Waals surface area contributed by atoms with Gasteiger partial charge in [0.15, 0.2) is 0 Å². The van der Waals surface area contributed by atoms with Crippen LogP contribution in [0, 0.1) is 0 Å². The molecule has 7 heteroatoms. The van der Waals surface area contributed by atoms with E-state index < -0.39 is 5.97 Å². The lowest BCUT2D eigenvalue weighted by atomic mass is 10.3. The number of halogens is 1. The van der Waals surface area contributed by atoms with Crippen molar-refractivity contribution in [2.45, 2.75) is 26.3 Å². The normalized spacial score (nSPS) is 11.3. The first-order valence-corrected chi connectivity index (χ1v) is 6.68. The molecule has 1 atom stereocenters. The fourth-order valence-corrected chi connectivity index (χ4v) is 2.12. The number of ether oxygens (including phenoxy) is 1. The highest BCUT2D eigenvalue weighted by molar-refractivity contribution is 7.12. The van der Waals surface area contributed by atoms with Crippen molar-refractivity contribution < 1.29 is 14.3 Å². The first kappa shape index (κ1) is 17.9.